The molecule has 1 aliphatic rings. The summed E-state index contributed by atoms with van der Waals surface area (Å²) in [6.45, 7) is 5.10. The predicted octanol–water partition coefficient (Wildman–Crippen LogP) is 2.80. The van der Waals surface area contributed by atoms with Crippen molar-refractivity contribution in [3.05, 3.63) is 59.4 Å². The fourth-order valence-corrected chi connectivity index (χ4v) is 4.80. The number of ether oxygens (including phenoxy) is 2. The van der Waals surface area contributed by atoms with Crippen LogP contribution in [0.25, 0.3) is 10.2 Å². The van der Waals surface area contributed by atoms with E-state index in [-0.39, 0.29) is 4.90 Å². The lowest BCUT2D eigenvalue weighted by atomic mass is 10.2. The van der Waals surface area contributed by atoms with E-state index in [9.17, 15) is 13.2 Å². The Morgan fingerprint density at radius 3 is 2.69 bits per heavy atom. The summed E-state index contributed by atoms with van der Waals surface area (Å²) < 4.78 is 37.3. The molecule has 1 amide bonds. The molecule has 4 rings (SSSR count). The Labute approximate surface area is 171 Å². The standard InChI is InChI=1S/C20H18N2O5S2/c1-3-8-22-15-6-5-14(29(2,24)25)12-18(15)28-20(22)21-19(23)13-4-7-16-17(11-13)27-10-9-26-16/h3-7,11-12H,1,8-10H2,2H3. The van der Waals surface area contributed by atoms with Crippen LogP contribution in [0.1, 0.15) is 10.4 Å². The third kappa shape index (κ3) is 3.83. The number of sulfone groups is 1. The van der Waals surface area contributed by atoms with Crippen molar-refractivity contribution < 1.29 is 22.7 Å². The first kappa shape index (κ1) is 19.4. The van der Waals surface area contributed by atoms with Crippen molar-refractivity contribution in [1.29, 1.82) is 0 Å². The summed E-state index contributed by atoms with van der Waals surface area (Å²) >= 11 is 1.25. The predicted molar refractivity (Wildman–Crippen MR) is 110 cm³/mol. The van der Waals surface area contributed by atoms with Crippen LogP contribution in [-0.2, 0) is 16.4 Å². The molecule has 2 heterocycles. The van der Waals surface area contributed by atoms with Gasteiger partial charge in [-0.2, -0.15) is 4.99 Å². The van der Waals surface area contributed by atoms with Crippen LogP contribution in [0.4, 0.5) is 0 Å². The van der Waals surface area contributed by atoms with E-state index in [2.05, 4.69) is 11.6 Å². The minimum absolute atomic E-state index is 0.224. The number of thiazole rings is 1. The molecule has 9 heteroatoms. The molecule has 1 aromatic heterocycles. The number of hydrogen-bond donors (Lipinski definition) is 0. The van der Waals surface area contributed by atoms with Crippen LogP contribution in [0, 0.1) is 0 Å². The topological polar surface area (TPSA) is 87.0 Å². The Balaban J connectivity index is 1.81. The summed E-state index contributed by atoms with van der Waals surface area (Å²) in [5, 5.41) is 0. The van der Waals surface area contributed by atoms with Crippen molar-refractivity contribution in [2.45, 2.75) is 11.4 Å². The Hall–Kier alpha value is -2.91. The third-order valence-electron chi connectivity index (χ3n) is 4.38. The zero-order chi connectivity index (χ0) is 20.6. The second kappa shape index (κ2) is 7.49. The SMILES string of the molecule is C=CCn1c(=NC(=O)c2ccc3c(c2)OCCO3)sc2cc(S(C)(=O)=O)ccc21. The van der Waals surface area contributed by atoms with E-state index in [1.807, 2.05) is 4.57 Å². The van der Waals surface area contributed by atoms with Gasteiger partial charge in [0.25, 0.3) is 5.91 Å². The Kier molecular flexibility index (Phi) is 5.01. The maximum Gasteiger partial charge on any atom is 0.279 e. The summed E-state index contributed by atoms with van der Waals surface area (Å²) in [6.07, 6.45) is 2.86. The molecule has 0 spiro atoms. The molecule has 0 bridgehead atoms. The van der Waals surface area contributed by atoms with E-state index >= 15 is 0 Å². The number of amides is 1. The maximum absolute atomic E-state index is 12.8. The molecule has 2 aromatic carbocycles. The monoisotopic (exact) mass is 430 g/mol. The molecule has 0 fully saturated rings. The molecule has 0 saturated heterocycles. The second-order valence-electron chi connectivity index (χ2n) is 6.46. The van der Waals surface area contributed by atoms with Crippen LogP contribution in [-0.4, -0.2) is 38.4 Å². The first-order chi connectivity index (χ1) is 13.9. The molecule has 0 unspecified atom stereocenters. The van der Waals surface area contributed by atoms with Gasteiger partial charge in [-0.25, -0.2) is 8.42 Å². The van der Waals surface area contributed by atoms with Gasteiger partial charge in [-0.1, -0.05) is 17.4 Å². The minimum atomic E-state index is -3.33. The Morgan fingerprint density at radius 1 is 1.21 bits per heavy atom. The second-order valence-corrected chi connectivity index (χ2v) is 9.49. The first-order valence-corrected chi connectivity index (χ1v) is 11.5. The van der Waals surface area contributed by atoms with Gasteiger partial charge in [0, 0.05) is 18.4 Å². The summed E-state index contributed by atoms with van der Waals surface area (Å²) in [6, 6.07) is 9.83. The molecule has 29 heavy (non-hydrogen) atoms. The third-order valence-corrected chi connectivity index (χ3v) is 6.53. The summed E-state index contributed by atoms with van der Waals surface area (Å²) in [5.74, 6) is 0.699. The van der Waals surface area contributed by atoms with Gasteiger partial charge in [-0.05, 0) is 36.4 Å². The highest BCUT2D eigenvalue weighted by Crippen LogP contribution is 2.31. The normalized spacial score (nSPS) is 14.2. The van der Waals surface area contributed by atoms with Gasteiger partial charge in [-0.15, -0.1) is 6.58 Å². The lowest BCUT2D eigenvalue weighted by Crippen LogP contribution is -2.17. The number of aromatic nitrogens is 1. The number of carbonyl (C=O) groups is 1. The number of carbonyl (C=O) groups excluding carboxylic acids is 1. The fourth-order valence-electron chi connectivity index (χ4n) is 3.00. The van der Waals surface area contributed by atoms with Gasteiger partial charge in [0.05, 0.1) is 15.1 Å². The molecule has 0 N–H and O–H groups in total. The molecule has 1 aliphatic heterocycles. The van der Waals surface area contributed by atoms with E-state index in [1.165, 1.54) is 11.3 Å². The van der Waals surface area contributed by atoms with Crippen LogP contribution in [0.2, 0.25) is 0 Å². The van der Waals surface area contributed by atoms with Crippen LogP contribution in [0.5, 0.6) is 11.5 Å². The van der Waals surface area contributed by atoms with E-state index < -0.39 is 15.7 Å². The largest absolute Gasteiger partial charge is 0.486 e. The molecule has 0 aliphatic carbocycles. The van der Waals surface area contributed by atoms with Crippen molar-refractivity contribution in [1.82, 2.24) is 4.57 Å². The van der Waals surface area contributed by atoms with E-state index in [0.29, 0.717) is 41.6 Å². The van der Waals surface area contributed by atoms with Gasteiger partial charge in [0.15, 0.2) is 26.1 Å². The van der Waals surface area contributed by atoms with Gasteiger partial charge < -0.3 is 14.0 Å². The van der Waals surface area contributed by atoms with Crippen molar-refractivity contribution in [3.8, 4) is 11.5 Å². The van der Waals surface area contributed by atoms with Crippen molar-refractivity contribution in [2.75, 3.05) is 19.5 Å². The molecule has 0 saturated carbocycles. The highest BCUT2D eigenvalue weighted by Gasteiger charge is 2.16. The van der Waals surface area contributed by atoms with Crippen molar-refractivity contribution in [3.63, 3.8) is 0 Å². The van der Waals surface area contributed by atoms with E-state index in [4.69, 9.17) is 9.47 Å². The lowest BCUT2D eigenvalue weighted by molar-refractivity contribution is 0.0996. The molecule has 150 valence electrons. The zero-order valence-electron chi connectivity index (χ0n) is 15.6. The van der Waals surface area contributed by atoms with Crippen LogP contribution in [0.3, 0.4) is 0 Å². The highest BCUT2D eigenvalue weighted by molar-refractivity contribution is 7.90. The van der Waals surface area contributed by atoms with Gasteiger partial charge in [-0.3, -0.25) is 4.79 Å². The summed E-state index contributed by atoms with van der Waals surface area (Å²) in [7, 11) is -3.33. The molecule has 0 atom stereocenters. The summed E-state index contributed by atoms with van der Waals surface area (Å²) in [5.41, 5.74) is 1.17. The number of nitrogens with zero attached hydrogens (tertiary/aromatic N) is 2. The summed E-state index contributed by atoms with van der Waals surface area (Å²) in [4.78, 5) is 17.7. The first-order valence-electron chi connectivity index (χ1n) is 8.80. The average Bonchev–Trinajstić information content (AvgIpc) is 3.03. The number of allylic oxidation sites excluding steroid dienone is 1. The van der Waals surface area contributed by atoms with Gasteiger partial charge in [0.1, 0.15) is 13.2 Å². The minimum Gasteiger partial charge on any atom is -0.486 e. The van der Waals surface area contributed by atoms with Crippen LogP contribution < -0.4 is 14.3 Å². The molecule has 7 nitrogen and oxygen atoms in total. The molecule has 0 radical (unpaired) electrons. The van der Waals surface area contributed by atoms with Gasteiger partial charge >= 0.3 is 0 Å². The maximum atomic E-state index is 12.8. The lowest BCUT2D eigenvalue weighted by Gasteiger charge is -2.18. The Morgan fingerprint density at radius 2 is 1.97 bits per heavy atom. The van der Waals surface area contributed by atoms with Crippen molar-refractivity contribution >= 4 is 37.3 Å². The van der Waals surface area contributed by atoms with Crippen LogP contribution >= 0.6 is 11.3 Å². The zero-order valence-corrected chi connectivity index (χ0v) is 17.3. The average molecular weight is 431 g/mol. The fraction of sp³-hybridized carbons (Fsp3) is 0.200. The number of fused-ring (bicyclic) bond motifs is 2. The van der Waals surface area contributed by atoms with E-state index in [0.717, 1.165) is 16.5 Å². The molecule has 3 aromatic rings. The number of rotatable bonds is 4. The van der Waals surface area contributed by atoms with Crippen LogP contribution in [0.15, 0.2) is 58.9 Å². The molecular weight excluding hydrogens is 412 g/mol. The number of benzene rings is 2. The Bertz CT molecular complexity index is 1300. The van der Waals surface area contributed by atoms with E-state index in [1.54, 1.807) is 42.5 Å². The van der Waals surface area contributed by atoms with Crippen molar-refractivity contribution in [2.24, 2.45) is 4.99 Å². The molecular formula is C20H18N2O5S2. The van der Waals surface area contributed by atoms with Gasteiger partial charge in [0.2, 0.25) is 0 Å². The smallest absolute Gasteiger partial charge is 0.279 e. The quantitative estimate of drug-likeness (QED) is 0.594. The number of hydrogen-bond acceptors (Lipinski definition) is 6. The highest BCUT2D eigenvalue weighted by atomic mass is 32.2.